The van der Waals surface area contributed by atoms with Crippen molar-refractivity contribution in [3.8, 4) is 5.75 Å². The van der Waals surface area contributed by atoms with Crippen LogP contribution in [0.2, 0.25) is 0 Å². The molecule has 0 bridgehead atoms. The molecule has 5 heteroatoms. The van der Waals surface area contributed by atoms with E-state index in [1.807, 2.05) is 80.8 Å². The van der Waals surface area contributed by atoms with Crippen LogP contribution in [0.4, 0.5) is 21.9 Å². The van der Waals surface area contributed by atoms with Crippen LogP contribution in [-0.2, 0) is 6.54 Å². The Hall–Kier alpha value is -3.99. The van der Waals surface area contributed by atoms with Crippen LogP contribution < -0.4 is 19.9 Å². The van der Waals surface area contributed by atoms with Gasteiger partial charge < -0.3 is 15.0 Å². The molecule has 0 radical (unpaired) electrons. The number of anilines is 3. The van der Waals surface area contributed by atoms with Gasteiger partial charge in [0.2, 0.25) is 0 Å². The van der Waals surface area contributed by atoms with E-state index in [0.717, 1.165) is 39.1 Å². The number of rotatable bonds is 6. The standard InChI is InChI=1S/C27H27N3O2/c1-29(2)22-13-11-20(12-14-22)19-30(23-15-17-24(32-3)18-16-23)27(31)28-26-10-6-8-21-7-4-5-9-25(21)26/h4-18H,19H2,1-3H3,(H,28,31). The fourth-order valence-corrected chi connectivity index (χ4v) is 3.64. The number of hydrogen-bond donors (Lipinski definition) is 1. The molecule has 2 amide bonds. The lowest BCUT2D eigenvalue weighted by Crippen LogP contribution is -2.34. The number of methoxy groups -OCH3 is 1. The van der Waals surface area contributed by atoms with Gasteiger partial charge in [0.25, 0.3) is 0 Å². The Bertz CT molecular complexity index is 1200. The van der Waals surface area contributed by atoms with E-state index in [0.29, 0.717) is 6.54 Å². The van der Waals surface area contributed by atoms with Gasteiger partial charge in [0.05, 0.1) is 19.3 Å². The van der Waals surface area contributed by atoms with Crippen molar-refractivity contribution in [3.05, 3.63) is 96.6 Å². The molecule has 0 heterocycles. The molecular formula is C27H27N3O2. The third kappa shape index (κ3) is 4.67. The summed E-state index contributed by atoms with van der Waals surface area (Å²) in [7, 11) is 5.65. The summed E-state index contributed by atoms with van der Waals surface area (Å²) in [5.74, 6) is 0.749. The summed E-state index contributed by atoms with van der Waals surface area (Å²) in [6, 6.07) is 29.5. The Balaban J connectivity index is 1.65. The maximum atomic E-state index is 13.5. The van der Waals surface area contributed by atoms with Crippen molar-refractivity contribution in [2.45, 2.75) is 6.54 Å². The van der Waals surface area contributed by atoms with E-state index in [9.17, 15) is 4.79 Å². The number of amides is 2. The number of urea groups is 1. The van der Waals surface area contributed by atoms with E-state index in [4.69, 9.17) is 4.74 Å². The van der Waals surface area contributed by atoms with Crippen molar-refractivity contribution in [1.82, 2.24) is 0 Å². The maximum absolute atomic E-state index is 13.5. The number of carbonyl (C=O) groups excluding carboxylic acids is 1. The number of ether oxygens (including phenoxy) is 1. The number of hydrogen-bond acceptors (Lipinski definition) is 3. The summed E-state index contributed by atoms with van der Waals surface area (Å²) >= 11 is 0. The normalized spacial score (nSPS) is 10.6. The van der Waals surface area contributed by atoms with Crippen molar-refractivity contribution in [3.63, 3.8) is 0 Å². The fourth-order valence-electron chi connectivity index (χ4n) is 3.64. The molecule has 5 nitrogen and oxygen atoms in total. The molecule has 162 valence electrons. The molecule has 0 fully saturated rings. The van der Waals surface area contributed by atoms with E-state index in [-0.39, 0.29) is 6.03 Å². The second kappa shape index (κ2) is 9.43. The molecule has 0 spiro atoms. The molecule has 4 rings (SSSR count). The zero-order valence-corrected chi connectivity index (χ0v) is 18.6. The van der Waals surface area contributed by atoms with E-state index in [1.54, 1.807) is 12.0 Å². The molecule has 0 saturated carbocycles. The fraction of sp³-hybridized carbons (Fsp3) is 0.148. The third-order valence-electron chi connectivity index (χ3n) is 5.45. The van der Waals surface area contributed by atoms with Crippen LogP contribution in [0.3, 0.4) is 0 Å². The maximum Gasteiger partial charge on any atom is 0.326 e. The minimum absolute atomic E-state index is 0.191. The molecule has 1 N–H and O–H groups in total. The van der Waals surface area contributed by atoms with Crippen molar-refractivity contribution in [2.24, 2.45) is 0 Å². The van der Waals surface area contributed by atoms with Crippen molar-refractivity contribution in [2.75, 3.05) is 36.3 Å². The van der Waals surface area contributed by atoms with Crippen LogP contribution in [0.1, 0.15) is 5.56 Å². The SMILES string of the molecule is COc1ccc(N(Cc2ccc(N(C)C)cc2)C(=O)Nc2cccc3ccccc23)cc1. The topological polar surface area (TPSA) is 44.8 Å². The smallest absolute Gasteiger partial charge is 0.326 e. The average molecular weight is 426 g/mol. The Kier molecular flexibility index (Phi) is 6.26. The zero-order valence-electron chi connectivity index (χ0n) is 18.6. The van der Waals surface area contributed by atoms with E-state index in [1.165, 1.54) is 0 Å². The highest BCUT2D eigenvalue weighted by Gasteiger charge is 2.18. The summed E-state index contributed by atoms with van der Waals surface area (Å²) in [4.78, 5) is 17.3. The van der Waals surface area contributed by atoms with E-state index < -0.39 is 0 Å². The minimum atomic E-state index is -0.191. The molecule has 0 aliphatic heterocycles. The highest BCUT2D eigenvalue weighted by molar-refractivity contribution is 6.07. The summed E-state index contributed by atoms with van der Waals surface area (Å²) in [5.41, 5.74) is 3.74. The highest BCUT2D eigenvalue weighted by atomic mass is 16.5. The second-order valence-electron chi connectivity index (χ2n) is 7.80. The van der Waals surface area contributed by atoms with Gasteiger partial charge >= 0.3 is 6.03 Å². The summed E-state index contributed by atoms with van der Waals surface area (Å²) < 4.78 is 5.28. The van der Waals surface area contributed by atoms with Gasteiger partial charge in [-0.05, 0) is 53.4 Å². The van der Waals surface area contributed by atoms with Crippen molar-refractivity contribution < 1.29 is 9.53 Å². The van der Waals surface area contributed by atoms with Gasteiger partial charge in [-0.15, -0.1) is 0 Å². The zero-order chi connectivity index (χ0) is 22.5. The highest BCUT2D eigenvalue weighted by Crippen LogP contribution is 2.26. The first-order chi connectivity index (χ1) is 15.5. The van der Waals surface area contributed by atoms with Gasteiger partial charge in [0.1, 0.15) is 5.75 Å². The molecule has 0 aromatic heterocycles. The molecule has 0 saturated heterocycles. The number of carbonyl (C=O) groups is 1. The molecule has 32 heavy (non-hydrogen) atoms. The quantitative estimate of drug-likeness (QED) is 0.403. The number of benzene rings is 4. The number of fused-ring (bicyclic) bond motifs is 1. The predicted octanol–water partition coefficient (Wildman–Crippen LogP) is 6.15. The van der Waals surface area contributed by atoms with Crippen LogP contribution in [0.5, 0.6) is 5.75 Å². The molecule has 4 aromatic carbocycles. The Labute approximate surface area is 188 Å². The molecule has 0 atom stereocenters. The first-order valence-electron chi connectivity index (χ1n) is 10.5. The first-order valence-corrected chi connectivity index (χ1v) is 10.5. The summed E-state index contributed by atoms with van der Waals surface area (Å²) in [6.45, 7) is 0.441. The van der Waals surface area contributed by atoms with E-state index >= 15 is 0 Å². The molecule has 0 aliphatic carbocycles. The Morgan fingerprint density at radius 2 is 1.47 bits per heavy atom. The van der Waals surface area contributed by atoms with Crippen LogP contribution in [0.25, 0.3) is 10.8 Å². The lowest BCUT2D eigenvalue weighted by molar-refractivity contribution is 0.256. The van der Waals surface area contributed by atoms with Crippen molar-refractivity contribution in [1.29, 1.82) is 0 Å². The summed E-state index contributed by atoms with van der Waals surface area (Å²) in [5, 5.41) is 5.20. The van der Waals surface area contributed by atoms with Gasteiger partial charge in [0, 0.05) is 30.9 Å². The largest absolute Gasteiger partial charge is 0.497 e. The number of nitrogens with one attached hydrogen (secondary N) is 1. The van der Waals surface area contributed by atoms with Gasteiger partial charge in [-0.3, -0.25) is 4.90 Å². The number of nitrogens with zero attached hydrogens (tertiary/aromatic N) is 2. The van der Waals surface area contributed by atoms with Gasteiger partial charge in [-0.1, -0.05) is 48.5 Å². The van der Waals surface area contributed by atoms with Gasteiger partial charge in [-0.25, -0.2) is 4.79 Å². The predicted molar refractivity (Wildman–Crippen MR) is 133 cm³/mol. The Morgan fingerprint density at radius 1 is 0.812 bits per heavy atom. The first kappa shape index (κ1) is 21.2. The average Bonchev–Trinajstić information content (AvgIpc) is 2.83. The van der Waals surface area contributed by atoms with E-state index in [2.05, 4.69) is 34.5 Å². The summed E-state index contributed by atoms with van der Waals surface area (Å²) in [6.07, 6.45) is 0. The van der Waals surface area contributed by atoms with Crippen LogP contribution in [-0.4, -0.2) is 27.2 Å². The molecule has 4 aromatic rings. The molecular weight excluding hydrogens is 398 g/mol. The van der Waals surface area contributed by atoms with Crippen LogP contribution in [0, 0.1) is 0 Å². The second-order valence-corrected chi connectivity index (χ2v) is 7.80. The molecule has 0 unspecified atom stereocenters. The minimum Gasteiger partial charge on any atom is -0.497 e. The lowest BCUT2D eigenvalue weighted by atomic mass is 10.1. The van der Waals surface area contributed by atoms with Crippen LogP contribution in [0.15, 0.2) is 91.0 Å². The van der Waals surface area contributed by atoms with Crippen LogP contribution >= 0.6 is 0 Å². The lowest BCUT2D eigenvalue weighted by Gasteiger charge is -2.24. The monoisotopic (exact) mass is 425 g/mol. The molecule has 0 aliphatic rings. The Morgan fingerprint density at radius 3 is 2.16 bits per heavy atom. The van der Waals surface area contributed by atoms with Gasteiger partial charge in [0.15, 0.2) is 0 Å². The van der Waals surface area contributed by atoms with Crippen molar-refractivity contribution >= 4 is 33.9 Å². The third-order valence-corrected chi connectivity index (χ3v) is 5.45. The van der Waals surface area contributed by atoms with Gasteiger partial charge in [-0.2, -0.15) is 0 Å².